The van der Waals surface area contributed by atoms with Crippen LogP contribution < -0.4 is 10.6 Å². The molecule has 0 saturated carbocycles. The van der Waals surface area contributed by atoms with E-state index in [1.54, 1.807) is 0 Å². The van der Waals surface area contributed by atoms with Crippen LogP contribution in [0.2, 0.25) is 0 Å². The summed E-state index contributed by atoms with van der Waals surface area (Å²) in [7, 11) is 0. The number of para-hydroxylation sites is 1. The van der Waals surface area contributed by atoms with Gasteiger partial charge in [0.2, 0.25) is 0 Å². The minimum atomic E-state index is 0.196. The highest BCUT2D eigenvalue weighted by atomic mass is 15.1. The van der Waals surface area contributed by atoms with Gasteiger partial charge < -0.3 is 10.6 Å². The van der Waals surface area contributed by atoms with Crippen LogP contribution in [0.15, 0.2) is 24.3 Å². The van der Waals surface area contributed by atoms with Crippen LogP contribution in [-0.2, 0) is 0 Å². The lowest BCUT2D eigenvalue weighted by Gasteiger charge is -2.41. The Kier molecular flexibility index (Phi) is 1.84. The monoisotopic (exact) mass is 202 g/mol. The zero-order valence-corrected chi connectivity index (χ0v) is 9.38. The Labute approximate surface area is 91.1 Å². The van der Waals surface area contributed by atoms with Crippen molar-refractivity contribution in [1.82, 2.24) is 5.32 Å². The average molecular weight is 202 g/mol. The van der Waals surface area contributed by atoms with Crippen molar-refractivity contribution in [2.75, 3.05) is 11.9 Å². The molecule has 0 spiro atoms. The number of hydrogen-bond acceptors (Lipinski definition) is 2. The lowest BCUT2D eigenvalue weighted by molar-refractivity contribution is 0.256. The van der Waals surface area contributed by atoms with Crippen molar-refractivity contribution in [2.45, 2.75) is 37.8 Å². The summed E-state index contributed by atoms with van der Waals surface area (Å²) in [4.78, 5) is 0. The topological polar surface area (TPSA) is 24.1 Å². The predicted molar refractivity (Wildman–Crippen MR) is 63.3 cm³/mol. The molecule has 2 N–H and O–H groups in total. The van der Waals surface area contributed by atoms with E-state index in [2.05, 4.69) is 48.7 Å². The highest BCUT2D eigenvalue weighted by Gasteiger charge is 2.43. The Morgan fingerprint density at radius 2 is 2.07 bits per heavy atom. The summed E-state index contributed by atoms with van der Waals surface area (Å²) < 4.78 is 0. The number of benzene rings is 1. The Morgan fingerprint density at radius 3 is 2.93 bits per heavy atom. The summed E-state index contributed by atoms with van der Waals surface area (Å²) in [5.41, 5.74) is 3.04. The molecule has 80 valence electrons. The van der Waals surface area contributed by atoms with Gasteiger partial charge in [-0.05, 0) is 38.4 Å². The summed E-state index contributed by atoms with van der Waals surface area (Å²) >= 11 is 0. The van der Waals surface area contributed by atoms with E-state index in [4.69, 9.17) is 0 Å². The van der Waals surface area contributed by atoms with Crippen LogP contribution in [0.5, 0.6) is 0 Å². The highest BCUT2D eigenvalue weighted by molar-refractivity contribution is 5.60. The van der Waals surface area contributed by atoms with Gasteiger partial charge in [0, 0.05) is 17.1 Å². The molecule has 2 aliphatic rings. The molecule has 2 nitrogen and oxygen atoms in total. The molecule has 0 aromatic heterocycles. The maximum atomic E-state index is 3.66. The van der Waals surface area contributed by atoms with Crippen molar-refractivity contribution in [2.24, 2.45) is 0 Å². The first-order chi connectivity index (χ1) is 7.18. The zero-order valence-electron chi connectivity index (χ0n) is 9.38. The highest BCUT2D eigenvalue weighted by Crippen LogP contribution is 2.43. The molecule has 3 rings (SSSR count). The molecule has 0 aliphatic carbocycles. The van der Waals surface area contributed by atoms with Crippen LogP contribution in [-0.4, -0.2) is 18.1 Å². The van der Waals surface area contributed by atoms with E-state index < -0.39 is 0 Å². The molecule has 2 heterocycles. The molecule has 1 aromatic rings. The Morgan fingerprint density at radius 1 is 1.27 bits per heavy atom. The van der Waals surface area contributed by atoms with E-state index in [0.717, 1.165) is 6.54 Å². The Bertz CT molecular complexity index is 384. The van der Waals surface area contributed by atoms with Crippen LogP contribution >= 0.6 is 0 Å². The lowest BCUT2D eigenvalue weighted by Crippen LogP contribution is -2.57. The molecule has 2 aliphatic heterocycles. The second kappa shape index (κ2) is 2.99. The number of nitrogens with one attached hydrogen (secondary N) is 2. The van der Waals surface area contributed by atoms with Gasteiger partial charge in [0.1, 0.15) is 0 Å². The van der Waals surface area contributed by atoms with Gasteiger partial charge in [-0.3, -0.25) is 0 Å². The molecule has 15 heavy (non-hydrogen) atoms. The molecule has 1 aromatic carbocycles. The van der Waals surface area contributed by atoms with Gasteiger partial charge >= 0.3 is 0 Å². The van der Waals surface area contributed by atoms with Crippen molar-refractivity contribution in [3.8, 4) is 0 Å². The molecule has 1 saturated heterocycles. The van der Waals surface area contributed by atoms with Gasteiger partial charge in [-0.15, -0.1) is 0 Å². The van der Waals surface area contributed by atoms with Crippen LogP contribution in [0.4, 0.5) is 5.69 Å². The van der Waals surface area contributed by atoms with Crippen molar-refractivity contribution in [3.63, 3.8) is 0 Å². The van der Waals surface area contributed by atoms with E-state index >= 15 is 0 Å². The fourth-order valence-corrected chi connectivity index (χ4v) is 3.06. The molecule has 2 unspecified atom stereocenters. The average Bonchev–Trinajstić information content (AvgIpc) is 2.58. The molecule has 0 amide bonds. The summed E-state index contributed by atoms with van der Waals surface area (Å²) in [5.74, 6) is 0.692. The van der Waals surface area contributed by atoms with E-state index in [1.165, 1.54) is 17.7 Å². The molecule has 1 fully saturated rings. The molecular weight excluding hydrogens is 184 g/mol. The number of hydrogen-bond donors (Lipinski definition) is 2. The third-order valence-electron chi connectivity index (χ3n) is 3.89. The van der Waals surface area contributed by atoms with Crippen molar-refractivity contribution in [1.29, 1.82) is 0 Å². The van der Waals surface area contributed by atoms with Crippen LogP contribution in [0.25, 0.3) is 0 Å². The number of piperidine rings is 1. The summed E-state index contributed by atoms with van der Waals surface area (Å²) in [5, 5.41) is 7.27. The van der Waals surface area contributed by atoms with Crippen LogP contribution in [0.3, 0.4) is 0 Å². The van der Waals surface area contributed by atoms with Gasteiger partial charge in [0.05, 0.1) is 6.04 Å². The maximum absolute atomic E-state index is 3.66. The SMILES string of the molecule is CC1(C)NCCC2c3ccccc3NC21. The normalized spacial score (nSPS) is 31.6. The minimum absolute atomic E-state index is 0.196. The van der Waals surface area contributed by atoms with Gasteiger partial charge in [-0.1, -0.05) is 18.2 Å². The summed E-state index contributed by atoms with van der Waals surface area (Å²) in [6.07, 6.45) is 1.25. The largest absolute Gasteiger partial charge is 0.380 e. The van der Waals surface area contributed by atoms with Gasteiger partial charge in [-0.2, -0.15) is 0 Å². The van der Waals surface area contributed by atoms with Crippen LogP contribution in [0, 0.1) is 0 Å². The van der Waals surface area contributed by atoms with Crippen molar-refractivity contribution >= 4 is 5.69 Å². The minimum Gasteiger partial charge on any atom is -0.380 e. The fourth-order valence-electron chi connectivity index (χ4n) is 3.06. The second-order valence-electron chi connectivity index (χ2n) is 5.25. The zero-order chi connectivity index (χ0) is 10.5. The summed E-state index contributed by atoms with van der Waals surface area (Å²) in [6.45, 7) is 5.72. The van der Waals surface area contributed by atoms with E-state index in [1.807, 2.05) is 0 Å². The molecule has 0 bridgehead atoms. The first-order valence-corrected chi connectivity index (χ1v) is 5.79. The van der Waals surface area contributed by atoms with Crippen molar-refractivity contribution in [3.05, 3.63) is 29.8 Å². The predicted octanol–water partition coefficient (Wildman–Crippen LogP) is 2.34. The van der Waals surface area contributed by atoms with Crippen LogP contribution in [0.1, 0.15) is 31.7 Å². The molecule has 2 heteroatoms. The van der Waals surface area contributed by atoms with E-state index in [9.17, 15) is 0 Å². The fraction of sp³-hybridized carbons (Fsp3) is 0.538. The quantitative estimate of drug-likeness (QED) is 0.674. The van der Waals surface area contributed by atoms with Crippen molar-refractivity contribution < 1.29 is 0 Å². The maximum Gasteiger partial charge on any atom is 0.0507 e. The molecular formula is C13H18N2. The Balaban J connectivity index is 2.02. The van der Waals surface area contributed by atoms with Gasteiger partial charge in [-0.25, -0.2) is 0 Å². The Hall–Kier alpha value is -1.02. The van der Waals surface area contributed by atoms with E-state index in [0.29, 0.717) is 12.0 Å². The first kappa shape index (κ1) is 9.22. The number of anilines is 1. The smallest absolute Gasteiger partial charge is 0.0507 e. The standard InChI is InChI=1S/C13H18N2/c1-13(2)12-10(7-8-14-13)9-5-3-4-6-11(9)15-12/h3-6,10,12,14-15H,7-8H2,1-2H3. The second-order valence-corrected chi connectivity index (χ2v) is 5.25. The van der Waals surface area contributed by atoms with Gasteiger partial charge in [0.15, 0.2) is 0 Å². The number of rotatable bonds is 0. The van der Waals surface area contributed by atoms with E-state index in [-0.39, 0.29) is 5.54 Å². The molecule has 0 radical (unpaired) electrons. The number of fused-ring (bicyclic) bond motifs is 3. The third kappa shape index (κ3) is 1.28. The molecule has 2 atom stereocenters. The first-order valence-electron chi connectivity index (χ1n) is 5.79. The van der Waals surface area contributed by atoms with Gasteiger partial charge in [0.25, 0.3) is 0 Å². The third-order valence-corrected chi connectivity index (χ3v) is 3.89. The lowest BCUT2D eigenvalue weighted by atomic mass is 9.78. The summed E-state index contributed by atoms with van der Waals surface area (Å²) in [6, 6.07) is 9.28.